The number of hydrogen-bond donors (Lipinski definition) is 1. The van der Waals surface area contributed by atoms with Gasteiger partial charge in [0.2, 0.25) is 0 Å². The van der Waals surface area contributed by atoms with E-state index in [1.54, 1.807) is 18.5 Å². The topological polar surface area (TPSA) is 64.7 Å². The first-order valence-electron chi connectivity index (χ1n) is 4.12. The molecule has 0 radical (unpaired) electrons. The summed E-state index contributed by atoms with van der Waals surface area (Å²) in [6.07, 6.45) is 3.45. The van der Waals surface area contributed by atoms with Gasteiger partial charge in [0.15, 0.2) is 5.16 Å². The van der Waals surface area contributed by atoms with Crippen LogP contribution in [-0.2, 0) is 0 Å². The Bertz CT molecular complexity index is 443. The molecule has 76 valence electrons. The number of halogens is 1. The van der Waals surface area contributed by atoms with Gasteiger partial charge in [-0.3, -0.25) is 4.98 Å². The molecular formula is C9H7BrN4S. The Hall–Kier alpha value is -1.14. The van der Waals surface area contributed by atoms with Gasteiger partial charge in [0.25, 0.3) is 0 Å². The zero-order valence-electron chi connectivity index (χ0n) is 7.59. The van der Waals surface area contributed by atoms with Crippen molar-refractivity contribution in [2.45, 2.75) is 10.1 Å². The highest BCUT2D eigenvalue weighted by Gasteiger charge is 2.02. The van der Waals surface area contributed by atoms with Crippen molar-refractivity contribution < 1.29 is 0 Å². The Morgan fingerprint density at radius 3 is 2.60 bits per heavy atom. The summed E-state index contributed by atoms with van der Waals surface area (Å²) in [4.78, 5) is 13.3. The van der Waals surface area contributed by atoms with E-state index in [1.807, 2.05) is 12.1 Å². The number of nitrogens with two attached hydrogens (primary N) is 1. The van der Waals surface area contributed by atoms with E-state index in [9.17, 15) is 0 Å². The number of anilines is 1. The van der Waals surface area contributed by atoms with Crippen LogP contribution in [0.1, 0.15) is 0 Å². The molecule has 0 saturated carbocycles. The molecule has 2 aromatic rings. The van der Waals surface area contributed by atoms with Crippen LogP contribution in [-0.4, -0.2) is 15.0 Å². The van der Waals surface area contributed by atoms with Gasteiger partial charge < -0.3 is 5.73 Å². The van der Waals surface area contributed by atoms with Gasteiger partial charge in [-0.05, 0) is 39.8 Å². The molecule has 0 unspecified atom stereocenters. The number of nitrogens with zero attached hydrogens (tertiary/aromatic N) is 3. The summed E-state index contributed by atoms with van der Waals surface area (Å²) in [5, 5.41) is 0.619. The average Bonchev–Trinajstić information content (AvgIpc) is 2.17. The van der Waals surface area contributed by atoms with Crippen molar-refractivity contribution in [1.82, 2.24) is 15.0 Å². The molecule has 0 bridgehead atoms. The van der Waals surface area contributed by atoms with E-state index in [0.717, 1.165) is 4.90 Å². The summed E-state index contributed by atoms with van der Waals surface area (Å²) < 4.78 is 0.687. The zero-order valence-corrected chi connectivity index (χ0v) is 9.99. The SMILES string of the molecule is Nc1cc(Br)nc(Sc2ccncc2)n1. The monoisotopic (exact) mass is 282 g/mol. The summed E-state index contributed by atoms with van der Waals surface area (Å²) in [7, 11) is 0. The number of rotatable bonds is 2. The molecule has 0 fully saturated rings. The Balaban J connectivity index is 2.25. The van der Waals surface area contributed by atoms with Gasteiger partial charge in [-0.1, -0.05) is 0 Å². The van der Waals surface area contributed by atoms with Gasteiger partial charge >= 0.3 is 0 Å². The first-order valence-corrected chi connectivity index (χ1v) is 5.73. The summed E-state index contributed by atoms with van der Waals surface area (Å²) in [6, 6.07) is 5.45. The number of pyridine rings is 1. The first kappa shape index (κ1) is 10.4. The molecule has 2 N–H and O–H groups in total. The normalized spacial score (nSPS) is 10.2. The van der Waals surface area contributed by atoms with Crippen LogP contribution in [0.4, 0.5) is 5.82 Å². The quantitative estimate of drug-likeness (QED) is 0.677. The highest BCUT2D eigenvalue weighted by Crippen LogP contribution is 2.25. The van der Waals surface area contributed by atoms with E-state index >= 15 is 0 Å². The summed E-state index contributed by atoms with van der Waals surface area (Å²) >= 11 is 4.71. The second-order valence-electron chi connectivity index (χ2n) is 2.68. The number of nitrogen functional groups attached to an aromatic ring is 1. The predicted octanol–water partition coefficient (Wildman–Crippen LogP) is 2.37. The zero-order chi connectivity index (χ0) is 10.7. The fourth-order valence-electron chi connectivity index (χ4n) is 0.971. The van der Waals surface area contributed by atoms with Crippen LogP contribution in [0.2, 0.25) is 0 Å². The van der Waals surface area contributed by atoms with Gasteiger partial charge in [-0.2, -0.15) is 0 Å². The van der Waals surface area contributed by atoms with Crippen molar-refractivity contribution in [3.05, 3.63) is 35.2 Å². The van der Waals surface area contributed by atoms with Crippen LogP contribution in [0.5, 0.6) is 0 Å². The number of aromatic nitrogens is 3. The molecule has 0 aromatic carbocycles. The molecule has 2 rings (SSSR count). The van der Waals surface area contributed by atoms with Crippen molar-refractivity contribution in [3.8, 4) is 0 Å². The van der Waals surface area contributed by atoms with Crippen LogP contribution >= 0.6 is 27.7 Å². The third kappa shape index (κ3) is 2.90. The largest absolute Gasteiger partial charge is 0.384 e. The standard InChI is InChI=1S/C9H7BrN4S/c10-7-5-8(11)14-9(13-7)15-6-1-3-12-4-2-6/h1-5H,(H2,11,13,14). The van der Waals surface area contributed by atoms with Crippen molar-refractivity contribution in [1.29, 1.82) is 0 Å². The minimum absolute atomic E-state index is 0.452. The Kier molecular flexibility index (Phi) is 3.17. The van der Waals surface area contributed by atoms with E-state index in [2.05, 4.69) is 30.9 Å². The maximum Gasteiger partial charge on any atom is 0.195 e. The predicted molar refractivity (Wildman–Crippen MR) is 62.5 cm³/mol. The highest BCUT2D eigenvalue weighted by atomic mass is 79.9. The van der Waals surface area contributed by atoms with Crippen molar-refractivity contribution in [3.63, 3.8) is 0 Å². The van der Waals surface area contributed by atoms with Crippen molar-refractivity contribution in [2.24, 2.45) is 0 Å². The second-order valence-corrected chi connectivity index (χ2v) is 4.54. The van der Waals surface area contributed by atoms with E-state index in [0.29, 0.717) is 15.6 Å². The first-order chi connectivity index (χ1) is 7.24. The minimum atomic E-state index is 0.452. The molecule has 0 aliphatic carbocycles. The fourth-order valence-corrected chi connectivity index (χ4v) is 2.25. The lowest BCUT2D eigenvalue weighted by atomic mass is 10.5. The molecule has 0 aliphatic heterocycles. The molecule has 2 aromatic heterocycles. The van der Waals surface area contributed by atoms with Gasteiger partial charge in [0.05, 0.1) is 0 Å². The van der Waals surface area contributed by atoms with E-state index in [-0.39, 0.29) is 0 Å². The molecule has 0 saturated heterocycles. The van der Waals surface area contributed by atoms with Gasteiger partial charge in [-0.25, -0.2) is 9.97 Å². The molecule has 0 spiro atoms. The summed E-state index contributed by atoms with van der Waals surface area (Å²) in [5.41, 5.74) is 5.61. The Morgan fingerprint density at radius 2 is 1.93 bits per heavy atom. The van der Waals surface area contributed by atoms with Gasteiger partial charge in [0.1, 0.15) is 10.4 Å². The lowest BCUT2D eigenvalue weighted by Crippen LogP contribution is -1.94. The maximum atomic E-state index is 5.61. The van der Waals surface area contributed by atoms with Crippen LogP contribution in [0.25, 0.3) is 0 Å². The molecular weight excluding hydrogens is 276 g/mol. The molecule has 4 nitrogen and oxygen atoms in total. The third-order valence-corrected chi connectivity index (χ3v) is 2.83. The maximum absolute atomic E-state index is 5.61. The van der Waals surface area contributed by atoms with Crippen LogP contribution in [0.3, 0.4) is 0 Å². The summed E-state index contributed by atoms with van der Waals surface area (Å²) in [5.74, 6) is 0.452. The third-order valence-electron chi connectivity index (χ3n) is 1.55. The van der Waals surface area contributed by atoms with Crippen LogP contribution in [0.15, 0.2) is 45.2 Å². The van der Waals surface area contributed by atoms with E-state index in [1.165, 1.54) is 11.8 Å². The van der Waals surface area contributed by atoms with Gasteiger partial charge in [0, 0.05) is 23.4 Å². The Labute approximate surface area is 99.5 Å². The fraction of sp³-hybridized carbons (Fsp3) is 0. The lowest BCUT2D eigenvalue weighted by molar-refractivity contribution is 0.957. The molecule has 0 atom stereocenters. The molecule has 6 heteroatoms. The van der Waals surface area contributed by atoms with Crippen LogP contribution in [0, 0.1) is 0 Å². The summed E-state index contributed by atoms with van der Waals surface area (Å²) in [6.45, 7) is 0. The molecule has 0 aliphatic rings. The Morgan fingerprint density at radius 1 is 1.20 bits per heavy atom. The molecule has 15 heavy (non-hydrogen) atoms. The highest BCUT2D eigenvalue weighted by molar-refractivity contribution is 9.10. The molecule has 0 amide bonds. The minimum Gasteiger partial charge on any atom is -0.384 e. The van der Waals surface area contributed by atoms with Crippen molar-refractivity contribution in [2.75, 3.05) is 5.73 Å². The van der Waals surface area contributed by atoms with Crippen LogP contribution < -0.4 is 5.73 Å². The average molecular weight is 283 g/mol. The van der Waals surface area contributed by atoms with Gasteiger partial charge in [-0.15, -0.1) is 0 Å². The van der Waals surface area contributed by atoms with E-state index < -0.39 is 0 Å². The number of hydrogen-bond acceptors (Lipinski definition) is 5. The molecule has 2 heterocycles. The lowest BCUT2D eigenvalue weighted by Gasteiger charge is -2.01. The smallest absolute Gasteiger partial charge is 0.195 e. The van der Waals surface area contributed by atoms with E-state index in [4.69, 9.17) is 5.73 Å². The second kappa shape index (κ2) is 4.59. The van der Waals surface area contributed by atoms with Crippen molar-refractivity contribution >= 4 is 33.5 Å².